The van der Waals surface area contributed by atoms with E-state index in [1.807, 2.05) is 0 Å². The van der Waals surface area contributed by atoms with Crippen LogP contribution in [0.5, 0.6) is 0 Å². The molecule has 0 heterocycles. The Morgan fingerprint density at radius 2 is 0.565 bits per heavy atom. The summed E-state index contributed by atoms with van der Waals surface area (Å²) in [6.45, 7) is 2.26. The molecule has 0 saturated carbocycles. The third-order valence-corrected chi connectivity index (χ3v) is 7.70. The molecule has 46 heavy (non-hydrogen) atoms. The van der Waals surface area contributed by atoms with Gasteiger partial charge in [-0.1, -0.05) is 142 Å². The van der Waals surface area contributed by atoms with Crippen molar-refractivity contribution in [1.29, 1.82) is 0 Å². The van der Waals surface area contributed by atoms with Crippen molar-refractivity contribution in [1.82, 2.24) is 0 Å². The van der Waals surface area contributed by atoms with E-state index in [9.17, 15) is 19.2 Å². The molecule has 10 heteroatoms. The fourth-order valence-corrected chi connectivity index (χ4v) is 4.92. The van der Waals surface area contributed by atoms with Crippen molar-refractivity contribution < 1.29 is 39.6 Å². The van der Waals surface area contributed by atoms with E-state index >= 15 is 0 Å². The number of aliphatic carboxylic acids is 4. The molecule has 0 spiro atoms. The minimum absolute atomic E-state index is 0.0976. The van der Waals surface area contributed by atoms with E-state index in [2.05, 4.69) is 6.92 Å². The van der Waals surface area contributed by atoms with E-state index in [1.54, 1.807) is 0 Å². The molecule has 0 amide bonds. The molecule has 0 fully saturated rings. The first-order chi connectivity index (χ1) is 22.0. The number of carboxylic acids is 4. The zero-order valence-electron chi connectivity index (χ0n) is 29.4. The molecule has 274 valence electrons. The molecular formula is C36H72N2O8. The lowest BCUT2D eigenvalue weighted by Crippen LogP contribution is -2.29. The third kappa shape index (κ3) is 57.5. The van der Waals surface area contributed by atoms with Gasteiger partial charge in [-0.3, -0.25) is 19.2 Å². The van der Waals surface area contributed by atoms with Crippen LogP contribution in [0.4, 0.5) is 0 Å². The van der Waals surface area contributed by atoms with Crippen LogP contribution >= 0.6 is 0 Å². The van der Waals surface area contributed by atoms with E-state index in [-0.39, 0.29) is 31.8 Å². The molecule has 0 aromatic heterocycles. The van der Waals surface area contributed by atoms with Crippen LogP contribution in [0.15, 0.2) is 0 Å². The molecule has 0 atom stereocenters. The van der Waals surface area contributed by atoms with Crippen molar-refractivity contribution >= 4 is 23.9 Å². The second-order valence-corrected chi connectivity index (χ2v) is 12.5. The maximum atomic E-state index is 10.2. The van der Waals surface area contributed by atoms with Gasteiger partial charge in [0.05, 0.1) is 6.17 Å². The molecule has 10 nitrogen and oxygen atoms in total. The van der Waals surface area contributed by atoms with Crippen LogP contribution in [0, 0.1) is 0 Å². The monoisotopic (exact) mass is 661 g/mol. The van der Waals surface area contributed by atoms with Crippen molar-refractivity contribution in [2.24, 2.45) is 11.5 Å². The molecular weight excluding hydrogens is 588 g/mol. The van der Waals surface area contributed by atoms with Gasteiger partial charge in [-0.15, -0.1) is 0 Å². The summed E-state index contributed by atoms with van der Waals surface area (Å²) in [4.78, 5) is 40.9. The summed E-state index contributed by atoms with van der Waals surface area (Å²) in [5, 5.41) is 33.6. The van der Waals surface area contributed by atoms with Gasteiger partial charge in [0.25, 0.3) is 0 Å². The van der Waals surface area contributed by atoms with Gasteiger partial charge in [0.15, 0.2) is 0 Å². The summed E-state index contributed by atoms with van der Waals surface area (Å²) in [6, 6.07) is 0. The Bertz CT molecular complexity index is 601. The van der Waals surface area contributed by atoms with Crippen LogP contribution < -0.4 is 11.5 Å². The molecule has 8 N–H and O–H groups in total. The zero-order chi connectivity index (χ0) is 35.1. The van der Waals surface area contributed by atoms with Crippen LogP contribution in [0.25, 0.3) is 0 Å². The van der Waals surface area contributed by atoms with E-state index < -0.39 is 23.9 Å². The predicted molar refractivity (Wildman–Crippen MR) is 187 cm³/mol. The number of unbranched alkanes of at least 4 members (excludes halogenated alkanes) is 22. The Morgan fingerprint density at radius 1 is 0.370 bits per heavy atom. The second kappa shape index (κ2) is 40.8. The summed E-state index contributed by atoms with van der Waals surface area (Å²) in [5.41, 5.74) is 10.9. The normalized spacial score (nSPS) is 10.5. The average molecular weight is 661 g/mol. The first-order valence-electron chi connectivity index (χ1n) is 18.4. The highest BCUT2D eigenvalue weighted by Gasteiger charge is 2.00. The van der Waals surface area contributed by atoms with Crippen LogP contribution in [0.3, 0.4) is 0 Å². The zero-order valence-corrected chi connectivity index (χ0v) is 29.4. The third-order valence-electron chi connectivity index (χ3n) is 7.70. The Balaban J connectivity index is -0.000000605. The first-order valence-corrected chi connectivity index (χ1v) is 18.4. The fourth-order valence-electron chi connectivity index (χ4n) is 4.92. The summed E-state index contributed by atoms with van der Waals surface area (Å²) in [7, 11) is 0. The van der Waals surface area contributed by atoms with E-state index in [0.29, 0.717) is 0 Å². The quantitative estimate of drug-likeness (QED) is 0.0298. The molecule has 0 saturated heterocycles. The van der Waals surface area contributed by atoms with Gasteiger partial charge in [-0.2, -0.15) is 0 Å². The summed E-state index contributed by atoms with van der Waals surface area (Å²) >= 11 is 0. The summed E-state index contributed by atoms with van der Waals surface area (Å²) in [6.07, 6.45) is 30.2. The standard InChI is InChI=1S/C12H28N2.2C12H22O4/c1-2-3-4-5-6-7-8-9-10-11-12(13)14;2*13-11(14)9-7-5-3-1-2-4-6-8-10-12(15)16/h12H,2-11,13-14H2,1H3;2*1-10H2,(H,13,14)(H,15,16). The van der Waals surface area contributed by atoms with Gasteiger partial charge in [0.2, 0.25) is 0 Å². The highest BCUT2D eigenvalue weighted by molar-refractivity contribution is 5.67. The summed E-state index contributed by atoms with van der Waals surface area (Å²) in [5.74, 6) is -2.86. The Kier molecular flexibility index (Phi) is 42.8. The Labute approximate surface area is 280 Å². The number of carbonyl (C=O) groups is 4. The van der Waals surface area contributed by atoms with E-state index in [0.717, 1.165) is 109 Å². The molecule has 0 radical (unpaired) electrons. The molecule has 0 rings (SSSR count). The minimum Gasteiger partial charge on any atom is -0.481 e. The van der Waals surface area contributed by atoms with Crippen molar-refractivity contribution in [3.63, 3.8) is 0 Å². The Hall–Kier alpha value is -2.20. The maximum absolute atomic E-state index is 10.2. The van der Waals surface area contributed by atoms with Crippen LogP contribution in [-0.4, -0.2) is 50.5 Å². The van der Waals surface area contributed by atoms with Gasteiger partial charge in [0.1, 0.15) is 0 Å². The number of carboxylic acid groups (broad SMARTS) is 4. The molecule has 0 bridgehead atoms. The van der Waals surface area contributed by atoms with Crippen LogP contribution in [0.1, 0.15) is 200 Å². The van der Waals surface area contributed by atoms with E-state index in [1.165, 1.54) is 57.8 Å². The smallest absolute Gasteiger partial charge is 0.303 e. The van der Waals surface area contributed by atoms with Gasteiger partial charge in [0, 0.05) is 25.7 Å². The number of hydrogen-bond acceptors (Lipinski definition) is 6. The molecule has 0 aromatic rings. The van der Waals surface area contributed by atoms with Gasteiger partial charge in [-0.25, -0.2) is 0 Å². The fraction of sp³-hybridized carbons (Fsp3) is 0.889. The van der Waals surface area contributed by atoms with Gasteiger partial charge >= 0.3 is 23.9 Å². The lowest BCUT2D eigenvalue weighted by atomic mass is 10.1. The van der Waals surface area contributed by atoms with Crippen LogP contribution in [-0.2, 0) is 19.2 Å². The lowest BCUT2D eigenvalue weighted by Gasteiger charge is -2.04. The Morgan fingerprint density at radius 3 is 0.761 bits per heavy atom. The lowest BCUT2D eigenvalue weighted by molar-refractivity contribution is -0.138. The molecule has 0 aromatic carbocycles. The molecule has 0 unspecified atom stereocenters. The van der Waals surface area contributed by atoms with E-state index in [4.69, 9.17) is 31.9 Å². The van der Waals surface area contributed by atoms with Gasteiger partial charge < -0.3 is 31.9 Å². The first kappa shape index (κ1) is 48.2. The largest absolute Gasteiger partial charge is 0.481 e. The maximum Gasteiger partial charge on any atom is 0.303 e. The highest BCUT2D eigenvalue weighted by atomic mass is 16.4. The van der Waals surface area contributed by atoms with Crippen molar-refractivity contribution in [3.8, 4) is 0 Å². The topological polar surface area (TPSA) is 201 Å². The number of rotatable bonds is 32. The van der Waals surface area contributed by atoms with Gasteiger partial charge in [-0.05, 0) is 32.1 Å². The predicted octanol–water partition coefficient (Wildman–Crippen LogP) is 9.26. The minimum atomic E-state index is -0.714. The van der Waals surface area contributed by atoms with Crippen molar-refractivity contribution in [3.05, 3.63) is 0 Å². The SMILES string of the molecule is CCCCCCCCCCCC(N)N.O=C(O)CCCCCCCCCCC(=O)O.O=C(O)CCCCCCCCCCC(=O)O. The summed E-state index contributed by atoms with van der Waals surface area (Å²) < 4.78 is 0. The molecule has 0 aliphatic heterocycles. The average Bonchev–Trinajstić information content (AvgIpc) is 2.98. The molecule has 0 aliphatic carbocycles. The van der Waals surface area contributed by atoms with Crippen molar-refractivity contribution in [2.45, 2.75) is 206 Å². The number of hydrogen-bond donors (Lipinski definition) is 6. The molecule has 0 aliphatic rings. The van der Waals surface area contributed by atoms with Crippen LogP contribution in [0.2, 0.25) is 0 Å². The van der Waals surface area contributed by atoms with Crippen molar-refractivity contribution in [2.75, 3.05) is 0 Å². The second-order valence-electron chi connectivity index (χ2n) is 12.5. The number of nitrogens with two attached hydrogens (primary N) is 2. The highest BCUT2D eigenvalue weighted by Crippen LogP contribution is 2.12.